The first-order valence-electron chi connectivity index (χ1n) is 6.09. The Labute approximate surface area is 124 Å². The van der Waals surface area contributed by atoms with Gasteiger partial charge in [0.2, 0.25) is 0 Å². The number of anilines is 2. The largest absolute Gasteiger partial charge is 0.478 e. The fraction of sp³-hybridized carbons (Fsp3) is 0.133. The number of carboxylic acids is 1. The van der Waals surface area contributed by atoms with Crippen molar-refractivity contribution in [2.24, 2.45) is 0 Å². The van der Waals surface area contributed by atoms with Crippen LogP contribution in [0.25, 0.3) is 0 Å². The second-order valence-electron chi connectivity index (χ2n) is 4.20. The van der Waals surface area contributed by atoms with E-state index in [1.165, 1.54) is 18.2 Å². The van der Waals surface area contributed by atoms with E-state index in [2.05, 4.69) is 15.9 Å². The Morgan fingerprint density at radius 3 is 2.60 bits per heavy atom. The smallest absolute Gasteiger partial charge is 0.335 e. The highest BCUT2D eigenvalue weighted by atomic mass is 79.9. The highest BCUT2D eigenvalue weighted by molar-refractivity contribution is 9.10. The monoisotopic (exact) mass is 337 g/mol. The van der Waals surface area contributed by atoms with Crippen LogP contribution in [0.4, 0.5) is 15.8 Å². The molecule has 0 radical (unpaired) electrons. The number of halogens is 2. The summed E-state index contributed by atoms with van der Waals surface area (Å²) in [5.74, 6) is -1.29. The van der Waals surface area contributed by atoms with Gasteiger partial charge in [-0.3, -0.25) is 0 Å². The van der Waals surface area contributed by atoms with Gasteiger partial charge >= 0.3 is 5.97 Å². The quantitative estimate of drug-likeness (QED) is 0.896. The summed E-state index contributed by atoms with van der Waals surface area (Å²) in [4.78, 5) is 12.8. The number of nitrogens with zero attached hydrogens (tertiary/aromatic N) is 1. The van der Waals surface area contributed by atoms with Gasteiger partial charge in [-0.15, -0.1) is 0 Å². The molecule has 104 valence electrons. The first-order valence-corrected chi connectivity index (χ1v) is 6.88. The number of rotatable bonds is 4. The van der Waals surface area contributed by atoms with Gasteiger partial charge in [-0.25, -0.2) is 9.18 Å². The SMILES string of the molecule is CCN(c1cccc(F)c1)c1ccc(C(=O)O)cc1Br. The van der Waals surface area contributed by atoms with Gasteiger partial charge in [0, 0.05) is 16.7 Å². The lowest BCUT2D eigenvalue weighted by Gasteiger charge is -2.24. The van der Waals surface area contributed by atoms with Crippen molar-refractivity contribution < 1.29 is 14.3 Å². The van der Waals surface area contributed by atoms with E-state index in [0.717, 1.165) is 11.4 Å². The van der Waals surface area contributed by atoms with Crippen LogP contribution in [0.2, 0.25) is 0 Å². The number of carboxylic acid groups (broad SMARTS) is 1. The summed E-state index contributed by atoms with van der Waals surface area (Å²) in [6.45, 7) is 2.58. The zero-order chi connectivity index (χ0) is 14.7. The molecule has 5 heteroatoms. The summed E-state index contributed by atoms with van der Waals surface area (Å²) in [5.41, 5.74) is 1.72. The number of aromatic carboxylic acids is 1. The van der Waals surface area contributed by atoms with Gasteiger partial charge in [-0.05, 0) is 59.3 Å². The second-order valence-corrected chi connectivity index (χ2v) is 5.05. The third-order valence-electron chi connectivity index (χ3n) is 2.92. The number of benzene rings is 2. The average Bonchev–Trinajstić information content (AvgIpc) is 2.41. The summed E-state index contributed by atoms with van der Waals surface area (Å²) < 4.78 is 14.0. The summed E-state index contributed by atoms with van der Waals surface area (Å²) in [5, 5.41) is 8.97. The number of carbonyl (C=O) groups is 1. The molecular formula is C15H13BrFNO2. The van der Waals surface area contributed by atoms with Crippen LogP contribution in [0, 0.1) is 5.82 Å². The van der Waals surface area contributed by atoms with Crippen molar-refractivity contribution in [3.63, 3.8) is 0 Å². The van der Waals surface area contributed by atoms with Gasteiger partial charge in [-0.2, -0.15) is 0 Å². The predicted molar refractivity (Wildman–Crippen MR) is 80.2 cm³/mol. The maximum absolute atomic E-state index is 13.3. The Morgan fingerprint density at radius 1 is 1.30 bits per heavy atom. The van der Waals surface area contributed by atoms with Gasteiger partial charge in [0.25, 0.3) is 0 Å². The maximum Gasteiger partial charge on any atom is 0.335 e. The van der Waals surface area contributed by atoms with E-state index < -0.39 is 5.97 Å². The van der Waals surface area contributed by atoms with Gasteiger partial charge in [0.05, 0.1) is 11.3 Å². The van der Waals surface area contributed by atoms with E-state index in [-0.39, 0.29) is 11.4 Å². The minimum absolute atomic E-state index is 0.205. The van der Waals surface area contributed by atoms with E-state index >= 15 is 0 Å². The molecule has 0 fully saturated rings. The standard InChI is InChI=1S/C15H13BrFNO2/c1-2-18(12-5-3-4-11(17)9-12)14-7-6-10(15(19)20)8-13(14)16/h3-9H,2H2,1H3,(H,19,20). The minimum atomic E-state index is -0.981. The lowest BCUT2D eigenvalue weighted by atomic mass is 10.1. The molecule has 20 heavy (non-hydrogen) atoms. The Morgan fingerprint density at radius 2 is 2.05 bits per heavy atom. The molecule has 0 aliphatic heterocycles. The van der Waals surface area contributed by atoms with Crippen molar-refractivity contribution in [1.29, 1.82) is 0 Å². The normalized spacial score (nSPS) is 10.3. The van der Waals surface area contributed by atoms with Crippen LogP contribution in [0.3, 0.4) is 0 Å². The van der Waals surface area contributed by atoms with Crippen molar-refractivity contribution >= 4 is 33.3 Å². The van der Waals surface area contributed by atoms with Crippen molar-refractivity contribution in [3.05, 3.63) is 58.3 Å². The summed E-state index contributed by atoms with van der Waals surface area (Å²) in [6, 6.07) is 11.1. The predicted octanol–water partition coefficient (Wildman–Crippen LogP) is 4.44. The molecule has 0 unspecified atom stereocenters. The van der Waals surface area contributed by atoms with Crippen LogP contribution < -0.4 is 4.90 Å². The van der Waals surface area contributed by atoms with Crippen molar-refractivity contribution in [3.8, 4) is 0 Å². The molecule has 2 aromatic rings. The summed E-state index contributed by atoms with van der Waals surface area (Å²) >= 11 is 3.37. The molecule has 0 amide bonds. The van der Waals surface area contributed by atoms with Crippen LogP contribution in [0.1, 0.15) is 17.3 Å². The molecule has 0 saturated carbocycles. The molecular weight excluding hydrogens is 325 g/mol. The molecule has 0 aliphatic carbocycles. The highest BCUT2D eigenvalue weighted by Gasteiger charge is 2.13. The van der Waals surface area contributed by atoms with Crippen LogP contribution in [-0.4, -0.2) is 17.6 Å². The topological polar surface area (TPSA) is 40.5 Å². The average molecular weight is 338 g/mol. The van der Waals surface area contributed by atoms with Gasteiger partial charge in [0.15, 0.2) is 0 Å². The molecule has 2 rings (SSSR count). The molecule has 0 atom stereocenters. The number of hydrogen-bond acceptors (Lipinski definition) is 2. The fourth-order valence-electron chi connectivity index (χ4n) is 1.99. The molecule has 3 nitrogen and oxygen atoms in total. The molecule has 2 aromatic carbocycles. The third kappa shape index (κ3) is 2.99. The summed E-state index contributed by atoms with van der Waals surface area (Å²) in [7, 11) is 0. The summed E-state index contributed by atoms with van der Waals surface area (Å²) in [6.07, 6.45) is 0. The third-order valence-corrected chi connectivity index (χ3v) is 3.56. The molecule has 0 saturated heterocycles. The minimum Gasteiger partial charge on any atom is -0.478 e. The molecule has 0 aliphatic rings. The van der Waals surface area contributed by atoms with Crippen molar-refractivity contribution in [1.82, 2.24) is 0 Å². The number of hydrogen-bond donors (Lipinski definition) is 1. The zero-order valence-electron chi connectivity index (χ0n) is 10.8. The Balaban J connectivity index is 2.44. The first kappa shape index (κ1) is 14.5. The van der Waals surface area contributed by atoms with E-state index in [4.69, 9.17) is 5.11 Å². The molecule has 0 heterocycles. The van der Waals surface area contributed by atoms with Crippen molar-refractivity contribution in [2.45, 2.75) is 6.92 Å². The fourth-order valence-corrected chi connectivity index (χ4v) is 2.59. The Kier molecular flexibility index (Phi) is 4.39. The van der Waals surface area contributed by atoms with Gasteiger partial charge in [-0.1, -0.05) is 6.07 Å². The van der Waals surface area contributed by atoms with Gasteiger partial charge < -0.3 is 10.0 Å². The van der Waals surface area contributed by atoms with E-state index in [9.17, 15) is 9.18 Å². The van der Waals surface area contributed by atoms with Crippen LogP contribution in [-0.2, 0) is 0 Å². The lowest BCUT2D eigenvalue weighted by Crippen LogP contribution is -2.17. The maximum atomic E-state index is 13.3. The molecule has 0 bridgehead atoms. The zero-order valence-corrected chi connectivity index (χ0v) is 12.4. The second kappa shape index (κ2) is 6.05. The van der Waals surface area contributed by atoms with E-state index in [0.29, 0.717) is 11.0 Å². The highest BCUT2D eigenvalue weighted by Crippen LogP contribution is 2.33. The van der Waals surface area contributed by atoms with Crippen LogP contribution in [0.5, 0.6) is 0 Å². The van der Waals surface area contributed by atoms with Crippen LogP contribution in [0.15, 0.2) is 46.9 Å². The lowest BCUT2D eigenvalue weighted by molar-refractivity contribution is 0.0697. The van der Waals surface area contributed by atoms with E-state index in [1.807, 2.05) is 17.9 Å². The molecule has 0 aromatic heterocycles. The Hall–Kier alpha value is -1.88. The molecule has 1 N–H and O–H groups in total. The Bertz CT molecular complexity index is 646. The van der Waals surface area contributed by atoms with Gasteiger partial charge in [0.1, 0.15) is 5.82 Å². The van der Waals surface area contributed by atoms with Crippen molar-refractivity contribution in [2.75, 3.05) is 11.4 Å². The molecule has 0 spiro atoms. The van der Waals surface area contributed by atoms with Crippen LogP contribution >= 0.6 is 15.9 Å². The first-order chi connectivity index (χ1) is 9.52. The van der Waals surface area contributed by atoms with E-state index in [1.54, 1.807) is 18.2 Å².